The number of halogens is 2. The third kappa shape index (κ3) is 3.34. The van der Waals surface area contributed by atoms with Gasteiger partial charge in [0.2, 0.25) is 0 Å². The Balaban J connectivity index is 1.43. The molecule has 9 nitrogen and oxygen atoms in total. The summed E-state index contributed by atoms with van der Waals surface area (Å²) >= 11 is -2.18. The molecule has 0 aliphatic carbocycles. The van der Waals surface area contributed by atoms with Gasteiger partial charge in [0.05, 0.1) is 11.9 Å². The molecule has 5 heterocycles. The van der Waals surface area contributed by atoms with E-state index in [-0.39, 0.29) is 11.1 Å². The third-order valence-corrected chi connectivity index (χ3v) is 6.42. The summed E-state index contributed by atoms with van der Waals surface area (Å²) in [4.78, 5) is 15.0. The van der Waals surface area contributed by atoms with Crippen molar-refractivity contribution in [3.05, 3.63) is 36.4 Å². The zero-order valence-electron chi connectivity index (χ0n) is 15.8. The highest BCUT2D eigenvalue weighted by Crippen LogP contribution is 2.40. The number of aromatic nitrogens is 5. The van der Waals surface area contributed by atoms with Gasteiger partial charge < -0.3 is 9.45 Å². The molecule has 3 aromatic rings. The number of rotatable bonds is 4. The number of hydrogen-bond donors (Lipinski definition) is 0. The van der Waals surface area contributed by atoms with Gasteiger partial charge >= 0.3 is 0 Å². The molecule has 12 heteroatoms. The average Bonchev–Trinajstić information content (AvgIpc) is 3.15. The summed E-state index contributed by atoms with van der Waals surface area (Å²) in [6.07, 6.45) is 2.22. The zero-order valence-corrected chi connectivity index (χ0v) is 16.6. The van der Waals surface area contributed by atoms with Gasteiger partial charge in [-0.2, -0.15) is 5.10 Å². The molecule has 3 aromatic heterocycles. The molecule has 0 amide bonds. The molecule has 158 valence electrons. The Morgan fingerprint density at radius 1 is 1.17 bits per heavy atom. The lowest BCUT2D eigenvalue weighted by atomic mass is 9.75. The van der Waals surface area contributed by atoms with Crippen molar-refractivity contribution in [1.29, 1.82) is 0 Å². The highest BCUT2D eigenvalue weighted by Gasteiger charge is 2.46. The first-order valence-electron chi connectivity index (χ1n) is 9.49. The summed E-state index contributed by atoms with van der Waals surface area (Å²) in [5.41, 5.74) is 1.09. The molecule has 0 bridgehead atoms. The van der Waals surface area contributed by atoms with Crippen LogP contribution in [0.5, 0.6) is 0 Å². The van der Waals surface area contributed by atoms with Crippen molar-refractivity contribution in [2.45, 2.75) is 19.3 Å². The number of alkyl halides is 2. The molecule has 2 fully saturated rings. The van der Waals surface area contributed by atoms with Crippen LogP contribution in [0.4, 0.5) is 14.6 Å². The van der Waals surface area contributed by atoms with Crippen LogP contribution in [0, 0.1) is 5.41 Å². The van der Waals surface area contributed by atoms with Crippen LogP contribution in [0.15, 0.2) is 30.7 Å². The lowest BCUT2D eigenvalue weighted by molar-refractivity contribution is 0.0517. The summed E-state index contributed by atoms with van der Waals surface area (Å²) in [6, 6.07) is 4.55. The van der Waals surface area contributed by atoms with E-state index in [2.05, 4.69) is 25.0 Å². The highest BCUT2D eigenvalue weighted by molar-refractivity contribution is 7.76. The maximum Gasteiger partial charge on any atom is 0.282 e. The molecule has 2 aliphatic rings. The van der Waals surface area contributed by atoms with E-state index in [9.17, 15) is 17.5 Å². The van der Waals surface area contributed by atoms with Crippen LogP contribution >= 0.6 is 0 Å². The second-order valence-corrected chi connectivity index (χ2v) is 8.72. The van der Waals surface area contributed by atoms with Crippen molar-refractivity contribution in [2.75, 3.05) is 31.1 Å². The van der Waals surface area contributed by atoms with Crippen LogP contribution in [0.25, 0.3) is 17.0 Å². The van der Waals surface area contributed by atoms with E-state index in [0.717, 1.165) is 19.4 Å². The number of imidazole rings is 1. The van der Waals surface area contributed by atoms with Gasteiger partial charge in [-0.15, -0.1) is 0 Å². The lowest BCUT2D eigenvalue weighted by Gasteiger charge is -2.54. The van der Waals surface area contributed by atoms with Crippen molar-refractivity contribution in [3.63, 3.8) is 0 Å². The molecule has 30 heavy (non-hydrogen) atoms. The average molecular weight is 434 g/mol. The van der Waals surface area contributed by atoms with Crippen LogP contribution in [0.2, 0.25) is 0 Å². The number of piperidine rings is 1. The molecule has 0 radical (unpaired) electrons. The van der Waals surface area contributed by atoms with Crippen molar-refractivity contribution < 1.29 is 17.5 Å². The highest BCUT2D eigenvalue weighted by atomic mass is 32.2. The maximum absolute atomic E-state index is 13.1. The Labute approximate surface area is 173 Å². The van der Waals surface area contributed by atoms with Crippen molar-refractivity contribution in [1.82, 2.24) is 28.9 Å². The standard InChI is InChI=1S/C18H19F2N7O2S/c19-17(20)12-2-3-15-21-7-14(27(15)24-12)13-6-16(23-11-22-13)25-5-1-4-18(8-25)9-26(10-18)30(28)29/h2-3,6-7,11,17H,1,4-5,8-10H2,(H,28,29)/p-1. The molecule has 1 atom stereocenters. The first-order valence-corrected chi connectivity index (χ1v) is 10.5. The SMILES string of the molecule is O=S([O-])N1CC2(CCCN(c3cc(-c4cnc5ccc(C(F)F)nn45)ncn3)C2)C1. The van der Waals surface area contributed by atoms with Gasteiger partial charge in [0, 0.05) is 48.9 Å². The van der Waals surface area contributed by atoms with Crippen LogP contribution in [0.3, 0.4) is 0 Å². The van der Waals surface area contributed by atoms with Crippen LogP contribution in [0.1, 0.15) is 25.0 Å². The van der Waals surface area contributed by atoms with Crippen LogP contribution < -0.4 is 4.90 Å². The number of anilines is 1. The summed E-state index contributed by atoms with van der Waals surface area (Å²) in [7, 11) is 0. The van der Waals surface area contributed by atoms with E-state index in [1.807, 2.05) is 0 Å². The zero-order chi connectivity index (χ0) is 20.9. The lowest BCUT2D eigenvalue weighted by Crippen LogP contribution is -2.63. The minimum Gasteiger partial charge on any atom is -0.760 e. The van der Waals surface area contributed by atoms with Gasteiger partial charge in [-0.25, -0.2) is 32.6 Å². The van der Waals surface area contributed by atoms with Gasteiger partial charge in [0.25, 0.3) is 6.43 Å². The van der Waals surface area contributed by atoms with Crippen molar-refractivity contribution >= 4 is 22.7 Å². The van der Waals surface area contributed by atoms with Gasteiger partial charge in [0.15, 0.2) is 5.65 Å². The predicted molar refractivity (Wildman–Crippen MR) is 103 cm³/mol. The van der Waals surface area contributed by atoms with E-state index in [4.69, 9.17) is 0 Å². The van der Waals surface area contributed by atoms with E-state index in [1.54, 1.807) is 12.3 Å². The summed E-state index contributed by atoms with van der Waals surface area (Å²) in [5.74, 6) is 0.709. The Bertz CT molecular complexity index is 1120. The normalized spacial score (nSPS) is 20.1. The van der Waals surface area contributed by atoms with E-state index in [0.29, 0.717) is 42.5 Å². The molecule has 2 saturated heterocycles. The number of hydrogen-bond acceptors (Lipinski definition) is 7. The maximum atomic E-state index is 13.1. The van der Waals surface area contributed by atoms with Gasteiger partial charge in [-0.05, 0) is 25.0 Å². The number of fused-ring (bicyclic) bond motifs is 1. The minimum absolute atomic E-state index is 0.0551. The molecule has 0 aromatic carbocycles. The first-order chi connectivity index (χ1) is 14.4. The monoisotopic (exact) mass is 434 g/mol. The quantitative estimate of drug-likeness (QED) is 0.577. The molecule has 5 rings (SSSR count). The summed E-state index contributed by atoms with van der Waals surface area (Å²) in [6.45, 7) is 2.55. The van der Waals surface area contributed by atoms with E-state index >= 15 is 0 Å². The summed E-state index contributed by atoms with van der Waals surface area (Å²) in [5, 5.41) is 3.99. The topological polar surface area (TPSA) is 103 Å². The Morgan fingerprint density at radius 2 is 2.00 bits per heavy atom. The molecule has 0 N–H and O–H groups in total. The predicted octanol–water partition coefficient (Wildman–Crippen LogP) is 1.82. The van der Waals surface area contributed by atoms with Crippen molar-refractivity contribution in [3.8, 4) is 11.4 Å². The van der Waals surface area contributed by atoms with Crippen LogP contribution in [-0.2, 0) is 11.3 Å². The fourth-order valence-corrected chi connectivity index (χ4v) is 5.07. The summed E-state index contributed by atoms with van der Waals surface area (Å²) < 4.78 is 51.2. The second kappa shape index (κ2) is 7.29. The first kappa shape index (κ1) is 19.4. The van der Waals surface area contributed by atoms with Gasteiger partial charge in [0.1, 0.15) is 23.5 Å². The molecule has 2 aliphatic heterocycles. The third-order valence-electron chi connectivity index (χ3n) is 5.74. The van der Waals surface area contributed by atoms with Crippen molar-refractivity contribution in [2.24, 2.45) is 5.41 Å². The van der Waals surface area contributed by atoms with E-state index in [1.165, 1.54) is 27.3 Å². The fraction of sp³-hybridized carbons (Fsp3) is 0.444. The molecule has 1 spiro atoms. The smallest absolute Gasteiger partial charge is 0.282 e. The Morgan fingerprint density at radius 3 is 2.77 bits per heavy atom. The molecule has 0 saturated carbocycles. The van der Waals surface area contributed by atoms with Gasteiger partial charge in [-0.1, -0.05) is 0 Å². The van der Waals surface area contributed by atoms with Gasteiger partial charge in [-0.3, -0.25) is 4.21 Å². The molecular weight excluding hydrogens is 416 g/mol. The minimum atomic E-state index is -2.68. The van der Waals surface area contributed by atoms with Crippen LogP contribution in [-0.4, -0.2) is 63.8 Å². The Kier molecular flexibility index (Phi) is 4.71. The second-order valence-electron chi connectivity index (χ2n) is 7.77. The Hall–Kier alpha value is -2.57. The molecular formula is C18H18F2N7O2S-. The largest absolute Gasteiger partial charge is 0.760 e. The fourth-order valence-electron chi connectivity index (χ4n) is 4.31. The van der Waals surface area contributed by atoms with E-state index < -0.39 is 17.7 Å². The molecule has 1 unspecified atom stereocenters. The number of nitrogens with zero attached hydrogens (tertiary/aromatic N) is 7.